The monoisotopic (exact) mass is 919 g/mol. The molecule has 14 heteroatoms. The number of allylic oxidation sites excluding steroid dienone is 1. The van der Waals surface area contributed by atoms with Gasteiger partial charge in [-0.1, -0.05) is 67.4 Å². The Balaban J connectivity index is 1.40. The maximum atomic E-state index is 14.6. The van der Waals surface area contributed by atoms with Crippen molar-refractivity contribution in [3.05, 3.63) is 148 Å². The second-order valence-corrected chi connectivity index (χ2v) is 17.9. The topological polar surface area (TPSA) is 162 Å². The molecule has 3 aliphatic rings. The molecule has 4 aromatic carbocycles. The highest BCUT2D eigenvalue weighted by atomic mass is 32.2. The van der Waals surface area contributed by atoms with E-state index in [1.807, 2.05) is 79.9 Å². The van der Waals surface area contributed by atoms with Crippen molar-refractivity contribution in [2.75, 3.05) is 32.6 Å². The number of hydrogen-bond donors (Lipinski definition) is 2. The first kappa shape index (κ1) is 48.3. The van der Waals surface area contributed by atoms with E-state index in [4.69, 9.17) is 28.9 Å². The molecule has 66 heavy (non-hydrogen) atoms. The summed E-state index contributed by atoms with van der Waals surface area (Å²) in [6.45, 7) is 6.75. The van der Waals surface area contributed by atoms with Crippen LogP contribution in [0.3, 0.4) is 0 Å². The van der Waals surface area contributed by atoms with Gasteiger partial charge in [0.05, 0.1) is 23.2 Å². The number of aliphatic hydroxyl groups is 2. The van der Waals surface area contributed by atoms with E-state index in [1.54, 1.807) is 34.9 Å². The highest BCUT2D eigenvalue weighted by molar-refractivity contribution is 7.98. The number of non-ortho nitro benzene ring substituents is 1. The normalized spacial score (nSPS) is 22.3. The number of thioether (sulfide) groups is 1. The molecule has 1 aliphatic heterocycles. The quantitative estimate of drug-likeness (QED) is 0.0239. The third-order valence-corrected chi connectivity index (χ3v) is 13.5. The molecule has 2 N–H and O–H groups in total. The molecule has 1 saturated carbocycles. The van der Waals surface area contributed by atoms with Crippen LogP contribution in [0.15, 0.2) is 131 Å². The van der Waals surface area contributed by atoms with Gasteiger partial charge in [-0.2, -0.15) is 0 Å². The van der Waals surface area contributed by atoms with Crippen molar-refractivity contribution in [1.29, 1.82) is 0 Å². The molecule has 1 heterocycles. The lowest BCUT2D eigenvalue weighted by Gasteiger charge is -2.59. The Hall–Kier alpha value is -5.67. The highest BCUT2D eigenvalue weighted by Crippen LogP contribution is 2.62. The summed E-state index contributed by atoms with van der Waals surface area (Å²) < 4.78 is 27.1. The maximum absolute atomic E-state index is 14.6. The zero-order valence-corrected chi connectivity index (χ0v) is 38.6. The van der Waals surface area contributed by atoms with E-state index < -0.39 is 28.8 Å². The average Bonchev–Trinajstić information content (AvgIpc) is 3.34. The van der Waals surface area contributed by atoms with Gasteiger partial charge in [-0.15, -0.1) is 18.3 Å². The number of carbonyl (C=O) groups excluding carboxylic acids is 1. The van der Waals surface area contributed by atoms with Crippen LogP contribution in [0.25, 0.3) is 0 Å². The Kier molecular flexibility index (Phi) is 16.9. The van der Waals surface area contributed by atoms with E-state index in [0.29, 0.717) is 54.3 Å². The minimum Gasteiger partial charge on any atom is -0.459 e. The lowest BCUT2D eigenvalue weighted by molar-refractivity contribution is -0.384. The van der Waals surface area contributed by atoms with Gasteiger partial charge in [-0.3, -0.25) is 15.0 Å². The number of aliphatic hydroxyl groups excluding tert-OH is 2. The van der Waals surface area contributed by atoms with Crippen LogP contribution in [0, 0.1) is 27.9 Å². The molecule has 0 spiro atoms. The summed E-state index contributed by atoms with van der Waals surface area (Å²) in [4.78, 5) is 34.6. The molecule has 350 valence electrons. The van der Waals surface area contributed by atoms with E-state index in [-0.39, 0.29) is 62.9 Å². The molecule has 2 aliphatic carbocycles. The fourth-order valence-corrected chi connectivity index (χ4v) is 10.2. The van der Waals surface area contributed by atoms with Crippen LogP contribution in [0.5, 0.6) is 17.2 Å². The van der Waals surface area contributed by atoms with E-state index >= 15 is 0 Å². The second-order valence-electron chi connectivity index (χ2n) is 17.0. The lowest BCUT2D eigenvalue weighted by Crippen LogP contribution is -2.70. The van der Waals surface area contributed by atoms with Gasteiger partial charge in [0.1, 0.15) is 36.5 Å². The van der Waals surface area contributed by atoms with E-state index in [9.17, 15) is 25.1 Å². The number of fused-ring (bicyclic) bond motifs is 2. The zero-order valence-electron chi connectivity index (χ0n) is 37.8. The number of nitro benzene ring substituents is 1. The smallest absolute Gasteiger partial charge is 0.410 e. The van der Waals surface area contributed by atoms with Crippen molar-refractivity contribution in [3.63, 3.8) is 0 Å². The third-order valence-electron chi connectivity index (χ3n) is 12.8. The number of unbranched alkanes of at least 4 members (excludes halogenated alkanes) is 2. The van der Waals surface area contributed by atoms with Gasteiger partial charge in [0.15, 0.2) is 0 Å². The Labute approximate surface area is 391 Å². The Morgan fingerprint density at radius 1 is 0.955 bits per heavy atom. The molecule has 13 nitrogen and oxygen atoms in total. The molecule has 0 aromatic heterocycles. The first-order valence-electron chi connectivity index (χ1n) is 23.0. The molecule has 7 rings (SSSR count). The molecule has 0 saturated heterocycles. The van der Waals surface area contributed by atoms with Crippen molar-refractivity contribution in [1.82, 2.24) is 4.90 Å². The zero-order chi connectivity index (χ0) is 46.5. The summed E-state index contributed by atoms with van der Waals surface area (Å²) in [6, 6.07) is 28.8. The number of nitro groups is 1. The fraction of sp³-hybridized carbons (Fsp3) is 0.423. The minimum atomic E-state index is -1.46. The largest absolute Gasteiger partial charge is 0.459 e. The lowest BCUT2D eigenvalue weighted by atomic mass is 9.55. The molecular formula is C52H61N3O10S. The molecule has 0 bridgehead atoms. The van der Waals surface area contributed by atoms with Crippen molar-refractivity contribution in [3.8, 4) is 17.2 Å². The molecule has 4 aromatic rings. The third kappa shape index (κ3) is 11.1. The van der Waals surface area contributed by atoms with Gasteiger partial charge in [0, 0.05) is 54.7 Å². The maximum Gasteiger partial charge on any atom is 0.410 e. The van der Waals surface area contributed by atoms with Crippen molar-refractivity contribution < 1.29 is 43.7 Å². The number of rotatable bonds is 23. The first-order valence-corrected chi connectivity index (χ1v) is 24.2. The predicted octanol–water partition coefficient (Wildman–Crippen LogP) is 11.0. The minimum absolute atomic E-state index is 0.0140. The van der Waals surface area contributed by atoms with Gasteiger partial charge in [-0.25, -0.2) is 4.79 Å². The van der Waals surface area contributed by atoms with E-state index in [1.165, 1.54) is 12.1 Å². The predicted molar refractivity (Wildman–Crippen MR) is 255 cm³/mol. The van der Waals surface area contributed by atoms with Crippen molar-refractivity contribution in [2.24, 2.45) is 22.9 Å². The Bertz CT molecular complexity index is 2310. The molecule has 0 radical (unpaired) electrons. The Morgan fingerprint density at radius 3 is 2.35 bits per heavy atom. The molecular weight excluding hydrogens is 859 g/mol. The van der Waals surface area contributed by atoms with Crippen molar-refractivity contribution >= 4 is 29.3 Å². The van der Waals surface area contributed by atoms with E-state index in [0.717, 1.165) is 47.3 Å². The number of oxime groups is 1. The summed E-state index contributed by atoms with van der Waals surface area (Å²) >= 11 is 1.66. The Morgan fingerprint density at radius 2 is 1.67 bits per heavy atom. The summed E-state index contributed by atoms with van der Waals surface area (Å²) in [5.74, 6) is -0.265. The summed E-state index contributed by atoms with van der Waals surface area (Å²) in [5.41, 5.74) is 3.97. The van der Waals surface area contributed by atoms with Gasteiger partial charge < -0.3 is 34.0 Å². The van der Waals surface area contributed by atoms with Crippen molar-refractivity contribution in [2.45, 2.75) is 94.1 Å². The van der Waals surface area contributed by atoms with Crippen LogP contribution >= 0.6 is 11.8 Å². The first-order chi connectivity index (χ1) is 32.2. The molecule has 1 fully saturated rings. The number of nitrogens with zero attached hydrogens (tertiary/aromatic N) is 3. The van der Waals surface area contributed by atoms with Crippen LogP contribution in [0.4, 0.5) is 10.5 Å². The molecule has 1 amide bonds. The van der Waals surface area contributed by atoms with Gasteiger partial charge in [-0.05, 0) is 121 Å². The number of amides is 1. The summed E-state index contributed by atoms with van der Waals surface area (Å²) in [5, 5.41) is 36.2. The van der Waals surface area contributed by atoms with Crippen LogP contribution < -0.4 is 9.47 Å². The van der Waals surface area contributed by atoms with E-state index in [2.05, 4.69) is 18.7 Å². The SMILES string of the molecule is C=CCO[C@@]12Oc3ccc(Oc4ccc(SC)cc4)cc3[C@H]3[C@H](CCCCO)[C@@H](CCCCO)C=C(C(=NOCc4ccc([N+](=O)[O-])cc4)C[C@@H]1N(CCC)C(=O)OCc1ccccc1)[C@H]32. The number of ether oxygens (including phenoxy) is 4. The fourth-order valence-electron chi connectivity index (χ4n) is 9.81. The van der Waals surface area contributed by atoms with Gasteiger partial charge >= 0.3 is 6.09 Å². The molecule has 0 unspecified atom stereocenters. The number of hydrogen-bond acceptors (Lipinski definition) is 12. The number of benzene rings is 4. The van der Waals surface area contributed by atoms with Crippen LogP contribution in [0.2, 0.25) is 0 Å². The van der Waals surface area contributed by atoms with Crippen LogP contribution in [-0.4, -0.2) is 76.3 Å². The number of carbonyl (C=O) groups is 1. The summed E-state index contributed by atoms with van der Waals surface area (Å²) in [7, 11) is 0. The standard InChI is InChI=1S/C52H61N3O10S/c1-4-27-54(51(58)61-34-36-13-7-6-8-14-36)48-33-46(53-63-35-37-17-19-39(20-18-37)55(59)60)44-31-38(15-9-11-28-56)43(16-10-12-29-57)49-45-32-41(64-40-21-24-42(66-3)25-22-40)23-26-47(45)65-52(48,50(44)49)62-30-5-2/h5-8,13-14,17-26,31-32,38,43,48-50,56-57H,2,4,9-12,15-16,27-30,33-35H2,1,3H3/t38-,43+,48-,49+,50+,52+/m0/s1. The average molecular weight is 920 g/mol. The van der Waals surface area contributed by atoms with Gasteiger partial charge in [0.25, 0.3) is 5.69 Å². The summed E-state index contributed by atoms with van der Waals surface area (Å²) in [6.07, 6.45) is 10.7. The second kappa shape index (κ2) is 23.2. The van der Waals surface area contributed by atoms with Gasteiger partial charge in [0.2, 0.25) is 5.79 Å². The van der Waals surface area contributed by atoms with Crippen LogP contribution in [-0.2, 0) is 27.5 Å². The highest BCUT2D eigenvalue weighted by Gasteiger charge is 2.65. The van der Waals surface area contributed by atoms with Crippen LogP contribution in [0.1, 0.15) is 80.9 Å². The molecule has 6 atom stereocenters.